The summed E-state index contributed by atoms with van der Waals surface area (Å²) in [5.74, 6) is 13.1. The van der Waals surface area contributed by atoms with Crippen LogP contribution in [-0.4, -0.2) is 11.7 Å². The average Bonchev–Trinajstić information content (AvgIpc) is 3.22. The Bertz CT molecular complexity index is 1210. The molecule has 0 atom stereocenters. The molecule has 0 radical (unpaired) electrons. The molecule has 2 nitrogen and oxygen atoms in total. The Hall–Kier alpha value is -4.14. The van der Waals surface area contributed by atoms with Gasteiger partial charge >= 0.3 is 0 Å². The average molecular weight is 373 g/mol. The second kappa shape index (κ2) is 8.70. The minimum absolute atomic E-state index is 0.823. The summed E-state index contributed by atoms with van der Waals surface area (Å²) in [6, 6.07) is 32.3. The first-order chi connectivity index (χ1) is 14.3. The second-order valence-corrected chi connectivity index (χ2v) is 6.37. The molecule has 4 rings (SSSR count). The van der Waals surface area contributed by atoms with Crippen molar-refractivity contribution in [3.8, 4) is 46.4 Å². The van der Waals surface area contributed by atoms with E-state index in [9.17, 15) is 0 Å². The largest absolute Gasteiger partial charge is 0.497 e. The number of methoxy groups -OCH3 is 1. The van der Waals surface area contributed by atoms with Crippen LogP contribution in [0.5, 0.6) is 5.75 Å². The van der Waals surface area contributed by atoms with Crippen molar-refractivity contribution < 1.29 is 4.74 Å². The highest BCUT2D eigenvalue weighted by Gasteiger charge is 2.10. The number of ether oxygens (including phenoxy) is 1. The molecule has 1 aromatic heterocycles. The van der Waals surface area contributed by atoms with Crippen molar-refractivity contribution in [3.05, 3.63) is 108 Å². The van der Waals surface area contributed by atoms with Crippen LogP contribution in [0.4, 0.5) is 0 Å². The second-order valence-electron chi connectivity index (χ2n) is 6.37. The van der Waals surface area contributed by atoms with Gasteiger partial charge in [0.1, 0.15) is 5.75 Å². The standard InChI is InChI=1S/C27H19NO/c1-29-26-19-16-25(17-20-26)28-24(15-9-8-12-22-10-4-2-5-11-22)18-21-27(28)23-13-6-3-7-14-23/h2-7,10-11,13-14,16-21H,1H3. The number of hydrogen-bond acceptors (Lipinski definition) is 1. The SMILES string of the molecule is COc1ccc(-n2c(C#CC#Cc3ccccc3)ccc2-c2ccccc2)cc1. The summed E-state index contributed by atoms with van der Waals surface area (Å²) >= 11 is 0. The topological polar surface area (TPSA) is 14.2 Å². The third-order valence-corrected chi connectivity index (χ3v) is 4.51. The lowest BCUT2D eigenvalue weighted by molar-refractivity contribution is 0.415. The molecule has 0 fully saturated rings. The predicted octanol–water partition coefficient (Wildman–Crippen LogP) is 5.56. The summed E-state index contributed by atoms with van der Waals surface area (Å²) in [4.78, 5) is 0. The first kappa shape index (κ1) is 18.2. The Labute approximate surface area is 171 Å². The minimum atomic E-state index is 0.823. The molecule has 3 aromatic carbocycles. The maximum atomic E-state index is 5.30. The molecule has 4 aromatic rings. The van der Waals surface area contributed by atoms with Gasteiger partial charge in [-0.1, -0.05) is 54.5 Å². The molecule has 0 aliphatic heterocycles. The quantitative estimate of drug-likeness (QED) is 0.429. The Morgan fingerprint density at radius 1 is 0.655 bits per heavy atom. The van der Waals surface area contributed by atoms with Crippen molar-refractivity contribution in [2.45, 2.75) is 0 Å². The van der Waals surface area contributed by atoms with Crippen LogP contribution in [0.15, 0.2) is 97.1 Å². The van der Waals surface area contributed by atoms with E-state index in [4.69, 9.17) is 4.74 Å². The Morgan fingerprint density at radius 3 is 2.00 bits per heavy atom. The van der Waals surface area contributed by atoms with Gasteiger partial charge in [-0.15, -0.1) is 0 Å². The number of aromatic nitrogens is 1. The lowest BCUT2D eigenvalue weighted by Gasteiger charge is -2.12. The maximum absolute atomic E-state index is 5.30. The van der Waals surface area contributed by atoms with Gasteiger partial charge < -0.3 is 9.30 Å². The van der Waals surface area contributed by atoms with E-state index in [1.165, 1.54) is 0 Å². The molecule has 0 unspecified atom stereocenters. The molecular formula is C27H19NO. The summed E-state index contributed by atoms with van der Waals surface area (Å²) in [5, 5.41) is 0. The lowest BCUT2D eigenvalue weighted by atomic mass is 10.1. The molecule has 0 amide bonds. The van der Waals surface area contributed by atoms with Gasteiger partial charge in [-0.3, -0.25) is 0 Å². The van der Waals surface area contributed by atoms with Gasteiger partial charge in [-0.25, -0.2) is 0 Å². The van der Waals surface area contributed by atoms with E-state index in [0.29, 0.717) is 0 Å². The fourth-order valence-corrected chi connectivity index (χ4v) is 3.10. The van der Waals surface area contributed by atoms with E-state index < -0.39 is 0 Å². The van der Waals surface area contributed by atoms with E-state index in [2.05, 4.69) is 46.4 Å². The van der Waals surface area contributed by atoms with Crippen LogP contribution in [0.2, 0.25) is 0 Å². The van der Waals surface area contributed by atoms with E-state index in [0.717, 1.165) is 34.0 Å². The van der Waals surface area contributed by atoms with Gasteiger partial charge in [0.15, 0.2) is 0 Å². The molecule has 138 valence electrons. The lowest BCUT2D eigenvalue weighted by Crippen LogP contribution is -1.99. The monoisotopic (exact) mass is 373 g/mol. The van der Waals surface area contributed by atoms with Crippen LogP contribution in [0.3, 0.4) is 0 Å². The number of rotatable bonds is 3. The van der Waals surface area contributed by atoms with Crippen molar-refractivity contribution in [3.63, 3.8) is 0 Å². The molecule has 29 heavy (non-hydrogen) atoms. The van der Waals surface area contributed by atoms with Gasteiger partial charge in [0.05, 0.1) is 18.5 Å². The first-order valence-electron chi connectivity index (χ1n) is 9.34. The number of benzene rings is 3. The first-order valence-corrected chi connectivity index (χ1v) is 9.34. The molecule has 0 saturated heterocycles. The molecule has 0 aliphatic rings. The fourth-order valence-electron chi connectivity index (χ4n) is 3.10. The molecule has 0 N–H and O–H groups in total. The number of nitrogens with zero attached hydrogens (tertiary/aromatic N) is 1. The highest BCUT2D eigenvalue weighted by atomic mass is 16.5. The van der Waals surface area contributed by atoms with Crippen molar-refractivity contribution in [1.29, 1.82) is 0 Å². The normalized spacial score (nSPS) is 9.69. The summed E-state index contributed by atoms with van der Waals surface area (Å²) in [6.45, 7) is 0. The molecule has 1 heterocycles. The van der Waals surface area contributed by atoms with Gasteiger partial charge in [0.2, 0.25) is 0 Å². The smallest absolute Gasteiger partial charge is 0.119 e. The van der Waals surface area contributed by atoms with E-state index in [1.54, 1.807) is 7.11 Å². The summed E-state index contributed by atoms with van der Waals surface area (Å²) in [6.07, 6.45) is 0. The highest BCUT2D eigenvalue weighted by molar-refractivity contribution is 5.66. The van der Waals surface area contributed by atoms with Gasteiger partial charge in [0.25, 0.3) is 0 Å². The van der Waals surface area contributed by atoms with Crippen LogP contribution < -0.4 is 4.74 Å². The Kier molecular flexibility index (Phi) is 5.47. The number of hydrogen-bond donors (Lipinski definition) is 0. The highest BCUT2D eigenvalue weighted by Crippen LogP contribution is 2.27. The third kappa shape index (κ3) is 4.24. The van der Waals surface area contributed by atoms with Crippen molar-refractivity contribution >= 4 is 0 Å². The third-order valence-electron chi connectivity index (χ3n) is 4.51. The van der Waals surface area contributed by atoms with Crippen molar-refractivity contribution in [1.82, 2.24) is 4.57 Å². The van der Waals surface area contributed by atoms with Crippen LogP contribution >= 0.6 is 0 Å². The molecular weight excluding hydrogens is 354 g/mol. The van der Waals surface area contributed by atoms with Crippen LogP contribution in [0.25, 0.3) is 16.9 Å². The Morgan fingerprint density at radius 2 is 1.31 bits per heavy atom. The zero-order valence-corrected chi connectivity index (χ0v) is 16.1. The molecule has 0 saturated carbocycles. The predicted molar refractivity (Wildman–Crippen MR) is 118 cm³/mol. The molecule has 2 heteroatoms. The van der Waals surface area contributed by atoms with E-state index in [-0.39, 0.29) is 0 Å². The summed E-state index contributed by atoms with van der Waals surface area (Å²) in [5.41, 5.74) is 5.08. The zero-order valence-electron chi connectivity index (χ0n) is 16.1. The van der Waals surface area contributed by atoms with Gasteiger partial charge in [-0.2, -0.15) is 0 Å². The van der Waals surface area contributed by atoms with E-state index in [1.807, 2.05) is 78.9 Å². The van der Waals surface area contributed by atoms with Gasteiger partial charge in [0, 0.05) is 11.3 Å². The summed E-state index contributed by atoms with van der Waals surface area (Å²) in [7, 11) is 1.67. The van der Waals surface area contributed by atoms with Gasteiger partial charge in [-0.05, 0) is 71.9 Å². The fraction of sp³-hybridized carbons (Fsp3) is 0.0370. The zero-order chi connectivity index (χ0) is 19.9. The molecule has 0 aliphatic carbocycles. The van der Waals surface area contributed by atoms with Crippen LogP contribution in [0, 0.1) is 23.7 Å². The maximum Gasteiger partial charge on any atom is 0.119 e. The molecule has 0 bridgehead atoms. The summed E-state index contributed by atoms with van der Waals surface area (Å²) < 4.78 is 7.44. The van der Waals surface area contributed by atoms with Crippen LogP contribution in [-0.2, 0) is 0 Å². The van der Waals surface area contributed by atoms with E-state index >= 15 is 0 Å². The Balaban J connectivity index is 1.76. The van der Waals surface area contributed by atoms with Crippen molar-refractivity contribution in [2.75, 3.05) is 7.11 Å². The van der Waals surface area contributed by atoms with Crippen molar-refractivity contribution in [2.24, 2.45) is 0 Å². The molecule has 0 spiro atoms. The minimum Gasteiger partial charge on any atom is -0.497 e. The van der Waals surface area contributed by atoms with Crippen LogP contribution in [0.1, 0.15) is 11.3 Å².